The van der Waals surface area contributed by atoms with Gasteiger partial charge in [-0.1, -0.05) is 36.4 Å². The molecule has 256 valence electrons. The molecule has 2 atom stereocenters. The summed E-state index contributed by atoms with van der Waals surface area (Å²) < 4.78 is 94.4. The van der Waals surface area contributed by atoms with Crippen LogP contribution in [0.15, 0.2) is 60.7 Å². The van der Waals surface area contributed by atoms with Gasteiger partial charge in [-0.3, -0.25) is 0 Å². The van der Waals surface area contributed by atoms with Crippen LogP contribution >= 0.6 is 0 Å². The van der Waals surface area contributed by atoms with E-state index in [2.05, 4.69) is 19.4 Å². The number of sulfonamides is 2. The molecule has 0 radical (unpaired) electrons. The molecule has 0 aliphatic heterocycles. The molecule has 48 heavy (non-hydrogen) atoms. The molecule has 13 heteroatoms. The lowest BCUT2D eigenvalue weighted by Gasteiger charge is -2.14. The number of fused-ring (bicyclic) bond motifs is 2. The van der Waals surface area contributed by atoms with Crippen molar-refractivity contribution < 1.29 is 30.0 Å². The van der Waals surface area contributed by atoms with Crippen LogP contribution in [0.1, 0.15) is 55.6 Å². The average molecular weight is 701 g/mol. The highest BCUT2D eigenvalue weighted by atomic mass is 32.2. The molecule has 0 bridgehead atoms. The largest absolute Gasteiger partial charge is 0.225 e. The second-order valence-electron chi connectivity index (χ2n) is 12.9. The zero-order valence-electron chi connectivity index (χ0n) is 27.4. The number of aromatic nitrogens is 2. The fourth-order valence-corrected chi connectivity index (χ4v) is 7.65. The number of aryl methyl sites for hydroxylation is 1. The predicted molar refractivity (Wildman–Crippen MR) is 181 cm³/mol. The molecule has 0 amide bonds. The maximum Gasteiger partial charge on any atom is 0.223 e. The summed E-state index contributed by atoms with van der Waals surface area (Å²) in [6.45, 7) is 8.34. The van der Waals surface area contributed by atoms with E-state index in [4.69, 9.17) is 0 Å². The number of hydrogen-bond donors (Lipinski definition) is 2. The van der Waals surface area contributed by atoms with Crippen molar-refractivity contribution in [1.29, 1.82) is 0 Å². The van der Waals surface area contributed by atoms with Crippen LogP contribution in [0.2, 0.25) is 0 Å². The van der Waals surface area contributed by atoms with Crippen LogP contribution in [-0.2, 0) is 45.7 Å². The molecule has 8 nitrogen and oxygen atoms in total. The summed E-state index contributed by atoms with van der Waals surface area (Å²) in [6, 6.07) is 16.8. The molecule has 2 aromatic carbocycles. The van der Waals surface area contributed by atoms with Gasteiger partial charge in [-0.15, -0.1) is 0 Å². The van der Waals surface area contributed by atoms with Gasteiger partial charge in [0.15, 0.2) is 0 Å². The zero-order valence-corrected chi connectivity index (χ0v) is 29.0. The summed E-state index contributed by atoms with van der Waals surface area (Å²) in [6.07, 6.45) is 2.43. The third-order valence-corrected chi connectivity index (χ3v) is 12.4. The minimum Gasteiger partial charge on any atom is -0.225 e. The van der Waals surface area contributed by atoms with Gasteiger partial charge in [0.05, 0.1) is 10.5 Å². The number of halogens is 3. The number of nitrogens with one attached hydrogen (secondary N) is 2. The van der Waals surface area contributed by atoms with Gasteiger partial charge in [0, 0.05) is 28.9 Å². The van der Waals surface area contributed by atoms with Crippen LogP contribution in [0.25, 0.3) is 22.3 Å². The zero-order chi connectivity index (χ0) is 35.0. The Morgan fingerprint density at radius 1 is 0.604 bits per heavy atom. The second kappa shape index (κ2) is 14.1. The summed E-state index contributed by atoms with van der Waals surface area (Å²) in [5.41, 5.74) is 6.87. The molecule has 0 saturated heterocycles. The van der Waals surface area contributed by atoms with Crippen LogP contribution < -0.4 is 9.44 Å². The van der Waals surface area contributed by atoms with Crippen molar-refractivity contribution in [3.05, 3.63) is 106 Å². The van der Waals surface area contributed by atoms with Gasteiger partial charge < -0.3 is 0 Å². The lowest BCUT2D eigenvalue weighted by molar-refractivity contribution is 0.515. The van der Waals surface area contributed by atoms with Gasteiger partial charge in [0.1, 0.15) is 0 Å². The van der Waals surface area contributed by atoms with E-state index >= 15 is 0 Å². The van der Waals surface area contributed by atoms with E-state index < -0.39 is 48.4 Å². The van der Waals surface area contributed by atoms with Gasteiger partial charge >= 0.3 is 0 Å². The summed E-state index contributed by atoms with van der Waals surface area (Å²) in [5.74, 6) is -2.20. The first-order valence-corrected chi connectivity index (χ1v) is 18.8. The van der Waals surface area contributed by atoms with Crippen LogP contribution in [0.4, 0.5) is 13.2 Å². The van der Waals surface area contributed by atoms with Crippen molar-refractivity contribution in [2.45, 2.75) is 82.9 Å². The van der Waals surface area contributed by atoms with Crippen molar-refractivity contribution in [3.63, 3.8) is 0 Å². The topological polar surface area (TPSA) is 118 Å². The smallest absolute Gasteiger partial charge is 0.223 e. The standard InChI is InChI=1S/C18H21FN2O2S.C17H18F2N2O2S/c1-11(2)24(22,23)21-16-9-13-5-6-14(8-15(13)10-16)17-7-4-12(3)20-18(17)19;1-10(2)24(22,23)21-14-8-11-3-4-12(7-13(11)9-14)15-5-6-16(18)20-17(15)19/h4-8,11,16,21H,9-10H2,1-3H3;3-7,10,14,21H,8-9H2,1-2H3/t16-;14-/m00/s1. The van der Waals surface area contributed by atoms with Crippen LogP contribution in [-0.4, -0.2) is 49.4 Å². The number of benzene rings is 2. The SMILES string of the molecule is CC(C)S(=O)(=O)N[C@H]1Cc2ccc(-c3ccc(F)nc3F)cc2C1.Cc1ccc(-c2ccc3c(c2)C[C@@H](NS(=O)(=O)C(C)C)C3)c(F)n1. The molecule has 2 aromatic heterocycles. The highest BCUT2D eigenvalue weighted by Crippen LogP contribution is 2.31. The molecule has 2 heterocycles. The van der Waals surface area contributed by atoms with E-state index in [-0.39, 0.29) is 17.6 Å². The van der Waals surface area contributed by atoms with E-state index in [1.807, 2.05) is 30.3 Å². The third-order valence-electron chi connectivity index (χ3n) is 8.61. The number of pyridine rings is 2. The minimum absolute atomic E-state index is 0.136. The lowest BCUT2D eigenvalue weighted by atomic mass is 10.0. The van der Waals surface area contributed by atoms with Crippen LogP contribution in [0.3, 0.4) is 0 Å². The van der Waals surface area contributed by atoms with Gasteiger partial charge in [-0.25, -0.2) is 31.3 Å². The highest BCUT2D eigenvalue weighted by molar-refractivity contribution is 7.90. The highest BCUT2D eigenvalue weighted by Gasteiger charge is 2.29. The third kappa shape index (κ3) is 8.13. The Morgan fingerprint density at radius 3 is 1.44 bits per heavy atom. The molecule has 2 aliphatic carbocycles. The minimum atomic E-state index is -3.33. The maximum absolute atomic E-state index is 14.1. The Labute approximate surface area is 280 Å². The molecule has 0 spiro atoms. The van der Waals surface area contributed by atoms with E-state index in [9.17, 15) is 30.0 Å². The average Bonchev–Trinajstić information content (AvgIpc) is 3.58. The molecular weight excluding hydrogens is 662 g/mol. The predicted octanol–water partition coefficient (Wildman–Crippen LogP) is 5.81. The fraction of sp³-hybridized carbons (Fsp3) is 0.371. The first-order chi connectivity index (χ1) is 22.5. The molecule has 4 aromatic rings. The monoisotopic (exact) mass is 700 g/mol. The van der Waals surface area contributed by atoms with Crippen molar-refractivity contribution in [2.24, 2.45) is 0 Å². The van der Waals surface area contributed by atoms with Gasteiger partial charge in [0.25, 0.3) is 0 Å². The van der Waals surface area contributed by atoms with Crippen molar-refractivity contribution in [3.8, 4) is 22.3 Å². The Balaban J connectivity index is 0.000000188. The summed E-state index contributed by atoms with van der Waals surface area (Å²) >= 11 is 0. The van der Waals surface area contributed by atoms with Gasteiger partial charge in [-0.2, -0.15) is 18.2 Å². The summed E-state index contributed by atoms with van der Waals surface area (Å²) in [7, 11) is -6.63. The van der Waals surface area contributed by atoms with Crippen molar-refractivity contribution in [1.82, 2.24) is 19.4 Å². The quantitative estimate of drug-likeness (QED) is 0.224. The second-order valence-corrected chi connectivity index (χ2v) is 17.4. The van der Waals surface area contributed by atoms with E-state index in [0.29, 0.717) is 42.5 Å². The normalized spacial score (nSPS) is 17.3. The Hall–Kier alpha value is -3.65. The van der Waals surface area contributed by atoms with E-state index in [0.717, 1.165) is 33.9 Å². The molecule has 2 aliphatic rings. The summed E-state index contributed by atoms with van der Waals surface area (Å²) in [4.78, 5) is 7.07. The summed E-state index contributed by atoms with van der Waals surface area (Å²) in [5, 5.41) is -0.944. The Kier molecular flexibility index (Phi) is 10.4. The van der Waals surface area contributed by atoms with E-state index in [1.165, 1.54) is 6.07 Å². The molecule has 0 unspecified atom stereocenters. The number of nitrogens with zero attached hydrogens (tertiary/aromatic N) is 2. The number of hydrogen-bond acceptors (Lipinski definition) is 6. The Morgan fingerprint density at radius 2 is 1.02 bits per heavy atom. The van der Waals surface area contributed by atoms with Crippen LogP contribution in [0, 0.1) is 24.8 Å². The van der Waals surface area contributed by atoms with Gasteiger partial charge in [-0.05, 0) is 118 Å². The van der Waals surface area contributed by atoms with E-state index in [1.54, 1.807) is 52.8 Å². The van der Waals surface area contributed by atoms with Crippen LogP contribution in [0.5, 0.6) is 0 Å². The molecule has 6 rings (SSSR count). The molecular formula is C35H39F3N4O4S2. The first-order valence-electron chi connectivity index (χ1n) is 15.7. The number of rotatable bonds is 8. The Bertz CT molecular complexity index is 1910. The molecule has 0 saturated carbocycles. The fourth-order valence-electron chi connectivity index (χ4n) is 5.84. The van der Waals surface area contributed by atoms with Crippen molar-refractivity contribution >= 4 is 20.0 Å². The molecule has 0 fully saturated rings. The molecule has 2 N–H and O–H groups in total. The first kappa shape index (κ1) is 35.7. The lowest BCUT2D eigenvalue weighted by Crippen LogP contribution is -2.39. The maximum atomic E-state index is 14.1. The van der Waals surface area contributed by atoms with Gasteiger partial charge in [0.2, 0.25) is 37.9 Å². The van der Waals surface area contributed by atoms with Crippen molar-refractivity contribution in [2.75, 3.05) is 0 Å².